The fourth-order valence-corrected chi connectivity index (χ4v) is 3.43. The summed E-state index contributed by atoms with van der Waals surface area (Å²) < 4.78 is 37.3. The minimum absolute atomic E-state index is 0.0423. The van der Waals surface area contributed by atoms with Crippen LogP contribution in [0.15, 0.2) is 41.3 Å². The molecule has 2 N–H and O–H groups in total. The maximum Gasteiger partial charge on any atom is 0.303 e. The Bertz CT molecular complexity index is 900. The number of aliphatic carboxylic acids is 1. The molecule has 0 saturated carbocycles. The number of hydrogen-bond donors (Lipinski definition) is 2. The third kappa shape index (κ3) is 4.93. The number of hydrogen-bond acceptors (Lipinski definition) is 4. The summed E-state index contributed by atoms with van der Waals surface area (Å²) in [5, 5.41) is 11.9. The van der Waals surface area contributed by atoms with Crippen LogP contribution >= 0.6 is 11.6 Å². The number of carboxylic acids is 1. The van der Waals surface area contributed by atoms with Gasteiger partial charge in [0, 0.05) is 12.1 Å². The Hall–Kier alpha value is -2.12. The molecular weight excluding hydrogens is 369 g/mol. The highest BCUT2D eigenvalue weighted by Gasteiger charge is 2.14. The summed E-state index contributed by atoms with van der Waals surface area (Å²) in [5.74, 6) is -1.48. The quantitative estimate of drug-likeness (QED) is 0.751. The summed E-state index contributed by atoms with van der Waals surface area (Å²) in [4.78, 5) is 10.9. The largest absolute Gasteiger partial charge is 0.481 e. The van der Waals surface area contributed by atoms with Crippen LogP contribution in [0.2, 0.25) is 5.02 Å². The van der Waals surface area contributed by atoms with Crippen molar-refractivity contribution in [1.82, 2.24) is 0 Å². The van der Waals surface area contributed by atoms with Gasteiger partial charge in [-0.2, -0.15) is 0 Å². The number of carbonyl (C=O) groups is 1. The minimum Gasteiger partial charge on any atom is -0.481 e. The SMILES string of the molecule is CCS(=O)(=O)c1ccc(Nc2cc(F)ccc2CCC(=O)O)c(Cl)c1. The van der Waals surface area contributed by atoms with E-state index in [1.165, 1.54) is 43.3 Å². The van der Waals surface area contributed by atoms with Crippen LogP contribution in [0.1, 0.15) is 18.9 Å². The van der Waals surface area contributed by atoms with Crippen LogP contribution in [-0.4, -0.2) is 25.2 Å². The molecule has 5 nitrogen and oxygen atoms in total. The van der Waals surface area contributed by atoms with Gasteiger partial charge in [0.15, 0.2) is 9.84 Å². The molecule has 25 heavy (non-hydrogen) atoms. The van der Waals surface area contributed by atoms with Gasteiger partial charge < -0.3 is 10.4 Å². The van der Waals surface area contributed by atoms with E-state index in [0.717, 1.165) is 0 Å². The van der Waals surface area contributed by atoms with Gasteiger partial charge >= 0.3 is 5.97 Å². The van der Waals surface area contributed by atoms with E-state index < -0.39 is 21.6 Å². The normalized spacial score (nSPS) is 11.3. The molecule has 2 aromatic carbocycles. The van der Waals surface area contributed by atoms with Crippen LogP contribution in [0.5, 0.6) is 0 Å². The summed E-state index contributed by atoms with van der Waals surface area (Å²) in [6, 6.07) is 8.24. The third-order valence-corrected chi connectivity index (χ3v) is 5.67. The highest BCUT2D eigenvalue weighted by atomic mass is 35.5. The number of nitrogens with one attached hydrogen (secondary N) is 1. The zero-order chi connectivity index (χ0) is 18.6. The highest BCUT2D eigenvalue weighted by molar-refractivity contribution is 7.91. The predicted octanol–water partition coefficient (Wildman–Crippen LogP) is 4.03. The Morgan fingerprint density at radius 1 is 1.20 bits per heavy atom. The van der Waals surface area contributed by atoms with Crippen molar-refractivity contribution >= 4 is 38.8 Å². The van der Waals surface area contributed by atoms with Crippen molar-refractivity contribution in [3.63, 3.8) is 0 Å². The smallest absolute Gasteiger partial charge is 0.303 e. The van der Waals surface area contributed by atoms with Crippen molar-refractivity contribution < 1.29 is 22.7 Å². The molecule has 0 radical (unpaired) electrons. The van der Waals surface area contributed by atoms with E-state index >= 15 is 0 Å². The highest BCUT2D eigenvalue weighted by Crippen LogP contribution is 2.30. The Balaban J connectivity index is 2.33. The Morgan fingerprint density at radius 2 is 1.92 bits per heavy atom. The first-order valence-corrected chi connectivity index (χ1v) is 9.55. The lowest BCUT2D eigenvalue weighted by molar-refractivity contribution is -0.136. The predicted molar refractivity (Wildman–Crippen MR) is 94.8 cm³/mol. The van der Waals surface area contributed by atoms with E-state index in [1.54, 1.807) is 0 Å². The number of aryl methyl sites for hydroxylation is 1. The van der Waals surface area contributed by atoms with Crippen LogP contribution in [0.25, 0.3) is 0 Å². The molecule has 0 bridgehead atoms. The Kier molecular flexibility index (Phi) is 6.02. The molecule has 0 aliphatic heterocycles. The van der Waals surface area contributed by atoms with Crippen molar-refractivity contribution in [2.24, 2.45) is 0 Å². The summed E-state index contributed by atoms with van der Waals surface area (Å²) in [7, 11) is -3.38. The van der Waals surface area contributed by atoms with Crippen molar-refractivity contribution in [1.29, 1.82) is 0 Å². The molecule has 2 rings (SSSR count). The van der Waals surface area contributed by atoms with Crippen LogP contribution < -0.4 is 5.32 Å². The van der Waals surface area contributed by atoms with Crippen molar-refractivity contribution in [2.45, 2.75) is 24.7 Å². The van der Waals surface area contributed by atoms with Crippen molar-refractivity contribution in [3.8, 4) is 0 Å². The minimum atomic E-state index is -3.38. The van der Waals surface area contributed by atoms with E-state index in [1.807, 2.05) is 0 Å². The lowest BCUT2D eigenvalue weighted by atomic mass is 10.1. The van der Waals surface area contributed by atoms with E-state index in [9.17, 15) is 17.6 Å². The van der Waals surface area contributed by atoms with Gasteiger partial charge in [-0.25, -0.2) is 12.8 Å². The van der Waals surface area contributed by atoms with E-state index in [0.29, 0.717) is 16.9 Å². The zero-order valence-corrected chi connectivity index (χ0v) is 15.0. The van der Waals surface area contributed by atoms with Crippen LogP contribution in [-0.2, 0) is 21.1 Å². The monoisotopic (exact) mass is 385 g/mol. The Labute approximate surface area is 150 Å². The summed E-state index contributed by atoms with van der Waals surface area (Å²) >= 11 is 6.15. The molecule has 0 spiro atoms. The topological polar surface area (TPSA) is 83.5 Å². The number of anilines is 2. The molecule has 0 saturated heterocycles. The lowest BCUT2D eigenvalue weighted by Gasteiger charge is -2.14. The molecule has 0 aliphatic rings. The van der Waals surface area contributed by atoms with Gasteiger partial charge in [0.05, 0.1) is 21.4 Å². The fraction of sp³-hybridized carbons (Fsp3) is 0.235. The standard InChI is InChI=1S/C17H17ClFNO4S/c1-2-25(23,24)13-6-7-15(14(18)10-13)20-16-9-12(19)5-3-11(16)4-8-17(21)22/h3,5-7,9-10,20H,2,4,8H2,1H3,(H,21,22). The molecule has 0 atom stereocenters. The fourth-order valence-electron chi connectivity index (χ4n) is 2.23. The second-order valence-electron chi connectivity index (χ2n) is 5.37. The van der Waals surface area contributed by atoms with Crippen molar-refractivity contribution in [2.75, 3.05) is 11.1 Å². The maximum absolute atomic E-state index is 13.5. The summed E-state index contributed by atoms with van der Waals surface area (Å²) in [6.07, 6.45) is 0.125. The van der Waals surface area contributed by atoms with E-state index in [4.69, 9.17) is 16.7 Å². The van der Waals surface area contributed by atoms with Crippen LogP contribution in [0.3, 0.4) is 0 Å². The molecule has 0 amide bonds. The average Bonchev–Trinajstić information content (AvgIpc) is 2.55. The van der Waals surface area contributed by atoms with Gasteiger partial charge in [-0.1, -0.05) is 24.6 Å². The van der Waals surface area contributed by atoms with E-state index in [2.05, 4.69) is 5.32 Å². The molecule has 2 aromatic rings. The third-order valence-electron chi connectivity index (χ3n) is 3.63. The molecule has 0 unspecified atom stereocenters. The molecule has 0 heterocycles. The van der Waals surface area contributed by atoms with Gasteiger partial charge in [-0.05, 0) is 42.3 Å². The van der Waals surface area contributed by atoms with Gasteiger partial charge in [0.25, 0.3) is 0 Å². The van der Waals surface area contributed by atoms with Crippen LogP contribution in [0.4, 0.5) is 15.8 Å². The molecule has 134 valence electrons. The molecular formula is C17H17ClFNO4S. The second kappa shape index (κ2) is 7.84. The summed E-state index contributed by atoms with van der Waals surface area (Å²) in [5.41, 5.74) is 1.40. The van der Waals surface area contributed by atoms with Gasteiger partial charge in [-0.15, -0.1) is 0 Å². The second-order valence-corrected chi connectivity index (χ2v) is 8.05. The maximum atomic E-state index is 13.5. The molecule has 0 aromatic heterocycles. The first-order chi connectivity index (χ1) is 11.7. The number of carboxylic acid groups (broad SMARTS) is 1. The van der Waals surface area contributed by atoms with Gasteiger partial charge in [0.1, 0.15) is 5.82 Å². The number of rotatable bonds is 7. The average molecular weight is 386 g/mol. The summed E-state index contributed by atoms with van der Waals surface area (Å²) in [6.45, 7) is 1.54. The zero-order valence-electron chi connectivity index (χ0n) is 13.4. The van der Waals surface area contributed by atoms with Gasteiger partial charge in [0.2, 0.25) is 0 Å². The molecule has 0 aliphatic carbocycles. The Morgan fingerprint density at radius 3 is 2.52 bits per heavy atom. The number of halogens is 2. The number of benzene rings is 2. The van der Waals surface area contributed by atoms with Gasteiger partial charge in [-0.3, -0.25) is 4.79 Å². The molecule has 8 heteroatoms. The van der Waals surface area contributed by atoms with Crippen molar-refractivity contribution in [3.05, 3.63) is 52.8 Å². The molecule has 0 fully saturated rings. The lowest BCUT2D eigenvalue weighted by Crippen LogP contribution is -2.05. The number of sulfone groups is 1. The van der Waals surface area contributed by atoms with E-state index in [-0.39, 0.29) is 28.5 Å². The first kappa shape index (κ1) is 19.2. The first-order valence-electron chi connectivity index (χ1n) is 7.52. The van der Waals surface area contributed by atoms with Crippen LogP contribution in [0, 0.1) is 5.82 Å².